The van der Waals surface area contributed by atoms with E-state index in [2.05, 4.69) is 4.98 Å². The van der Waals surface area contributed by atoms with E-state index in [1.807, 2.05) is 6.07 Å². The third-order valence-corrected chi connectivity index (χ3v) is 2.46. The molecule has 1 aliphatic carbocycles. The standard InChI is InChI=1S/C11H12N2O/c12-7-9-5-6-11(13-8-9)14-10-3-1-2-4-10/h5-6,8,10H,1-4H2. The number of ether oxygens (including phenoxy) is 1. The highest BCUT2D eigenvalue weighted by Gasteiger charge is 2.16. The van der Waals surface area contributed by atoms with E-state index >= 15 is 0 Å². The molecule has 0 amide bonds. The van der Waals surface area contributed by atoms with Crippen molar-refractivity contribution in [1.29, 1.82) is 5.26 Å². The molecule has 1 heterocycles. The number of nitriles is 1. The van der Waals surface area contributed by atoms with Gasteiger partial charge in [-0.2, -0.15) is 5.26 Å². The molecule has 2 rings (SSSR count). The Hall–Kier alpha value is -1.56. The molecule has 0 aromatic carbocycles. The van der Waals surface area contributed by atoms with Crippen molar-refractivity contribution >= 4 is 0 Å². The number of rotatable bonds is 2. The van der Waals surface area contributed by atoms with Crippen LogP contribution in [0.4, 0.5) is 0 Å². The fourth-order valence-electron chi connectivity index (χ4n) is 1.69. The molecule has 0 atom stereocenters. The van der Waals surface area contributed by atoms with Gasteiger partial charge in [0.15, 0.2) is 0 Å². The summed E-state index contributed by atoms with van der Waals surface area (Å²) < 4.78 is 5.65. The summed E-state index contributed by atoms with van der Waals surface area (Å²) in [6.45, 7) is 0. The minimum atomic E-state index is 0.329. The molecule has 0 aliphatic heterocycles. The Morgan fingerprint density at radius 1 is 1.36 bits per heavy atom. The lowest BCUT2D eigenvalue weighted by molar-refractivity contribution is 0.201. The molecule has 0 radical (unpaired) electrons. The lowest BCUT2D eigenvalue weighted by Gasteiger charge is -2.11. The van der Waals surface area contributed by atoms with E-state index in [9.17, 15) is 0 Å². The molecule has 3 nitrogen and oxygen atoms in total. The summed E-state index contributed by atoms with van der Waals surface area (Å²) in [5.41, 5.74) is 0.573. The highest BCUT2D eigenvalue weighted by molar-refractivity contribution is 5.28. The smallest absolute Gasteiger partial charge is 0.213 e. The molecule has 1 saturated carbocycles. The summed E-state index contributed by atoms with van der Waals surface area (Å²) in [5, 5.41) is 8.58. The molecule has 14 heavy (non-hydrogen) atoms. The van der Waals surface area contributed by atoms with Gasteiger partial charge in [-0.25, -0.2) is 4.98 Å². The number of aromatic nitrogens is 1. The van der Waals surface area contributed by atoms with Crippen LogP contribution in [0, 0.1) is 11.3 Å². The fraction of sp³-hybridized carbons (Fsp3) is 0.455. The van der Waals surface area contributed by atoms with Gasteiger partial charge in [-0.1, -0.05) is 0 Å². The van der Waals surface area contributed by atoms with Crippen molar-refractivity contribution in [3.8, 4) is 11.9 Å². The van der Waals surface area contributed by atoms with Crippen LogP contribution >= 0.6 is 0 Å². The number of nitrogens with zero attached hydrogens (tertiary/aromatic N) is 2. The molecule has 3 heteroatoms. The third kappa shape index (κ3) is 2.02. The predicted molar refractivity (Wildman–Crippen MR) is 51.8 cm³/mol. The first-order chi connectivity index (χ1) is 6.88. The normalized spacial score (nSPS) is 16.5. The monoisotopic (exact) mass is 188 g/mol. The second kappa shape index (κ2) is 4.10. The summed E-state index contributed by atoms with van der Waals surface area (Å²) in [7, 11) is 0. The minimum absolute atomic E-state index is 0.329. The van der Waals surface area contributed by atoms with E-state index in [-0.39, 0.29) is 0 Å². The minimum Gasteiger partial charge on any atom is -0.474 e. The second-order valence-electron chi connectivity index (χ2n) is 3.52. The zero-order valence-corrected chi connectivity index (χ0v) is 7.94. The van der Waals surface area contributed by atoms with Gasteiger partial charge in [-0.15, -0.1) is 0 Å². The summed E-state index contributed by atoms with van der Waals surface area (Å²) >= 11 is 0. The molecule has 72 valence electrons. The van der Waals surface area contributed by atoms with Crippen molar-refractivity contribution in [2.24, 2.45) is 0 Å². The van der Waals surface area contributed by atoms with Gasteiger partial charge in [0.05, 0.1) is 5.56 Å². The first-order valence-corrected chi connectivity index (χ1v) is 4.91. The Kier molecular flexibility index (Phi) is 2.64. The van der Waals surface area contributed by atoms with Crippen molar-refractivity contribution in [2.45, 2.75) is 31.8 Å². The van der Waals surface area contributed by atoms with Crippen LogP contribution in [0.3, 0.4) is 0 Å². The molecule has 0 N–H and O–H groups in total. The van der Waals surface area contributed by atoms with Crippen molar-refractivity contribution in [2.75, 3.05) is 0 Å². The molecule has 0 bridgehead atoms. The van der Waals surface area contributed by atoms with Crippen molar-refractivity contribution in [1.82, 2.24) is 4.98 Å². The number of hydrogen-bond donors (Lipinski definition) is 0. The van der Waals surface area contributed by atoms with Gasteiger partial charge in [0.25, 0.3) is 0 Å². The maximum absolute atomic E-state index is 8.58. The van der Waals surface area contributed by atoms with Crippen LogP contribution in [0.2, 0.25) is 0 Å². The molecule has 1 fully saturated rings. The Morgan fingerprint density at radius 3 is 2.71 bits per heavy atom. The van der Waals surface area contributed by atoms with Gasteiger partial charge < -0.3 is 4.74 Å². The molecular formula is C11H12N2O. The van der Waals surface area contributed by atoms with Crippen molar-refractivity contribution in [3.63, 3.8) is 0 Å². The van der Waals surface area contributed by atoms with Crippen LogP contribution < -0.4 is 4.74 Å². The maximum Gasteiger partial charge on any atom is 0.213 e. The molecule has 0 spiro atoms. The van der Waals surface area contributed by atoms with Crippen LogP contribution in [0.25, 0.3) is 0 Å². The van der Waals surface area contributed by atoms with Gasteiger partial charge in [0.2, 0.25) is 5.88 Å². The van der Waals surface area contributed by atoms with E-state index in [0.717, 1.165) is 12.8 Å². The highest BCUT2D eigenvalue weighted by Crippen LogP contribution is 2.22. The highest BCUT2D eigenvalue weighted by atomic mass is 16.5. The summed E-state index contributed by atoms with van der Waals surface area (Å²) in [4.78, 5) is 4.07. The molecule has 0 unspecified atom stereocenters. The first kappa shape index (κ1) is 9.01. The van der Waals surface area contributed by atoms with E-state index in [0.29, 0.717) is 17.5 Å². The molecular weight excluding hydrogens is 176 g/mol. The summed E-state index contributed by atoms with van der Waals surface area (Å²) in [6, 6.07) is 5.52. The average Bonchev–Trinajstić information content (AvgIpc) is 2.72. The van der Waals surface area contributed by atoms with E-state index in [1.165, 1.54) is 12.8 Å². The van der Waals surface area contributed by atoms with Crippen LogP contribution in [0.1, 0.15) is 31.2 Å². The average molecular weight is 188 g/mol. The van der Waals surface area contributed by atoms with Crippen molar-refractivity contribution < 1.29 is 4.74 Å². The lowest BCUT2D eigenvalue weighted by atomic mass is 10.3. The Bertz CT molecular complexity index is 333. The summed E-state index contributed by atoms with van der Waals surface area (Å²) in [6.07, 6.45) is 6.63. The fourth-order valence-corrected chi connectivity index (χ4v) is 1.69. The Morgan fingerprint density at radius 2 is 2.14 bits per heavy atom. The van der Waals surface area contributed by atoms with Gasteiger partial charge in [-0.3, -0.25) is 0 Å². The Balaban J connectivity index is 1.99. The lowest BCUT2D eigenvalue weighted by Crippen LogP contribution is -2.11. The zero-order chi connectivity index (χ0) is 9.80. The number of pyridine rings is 1. The quantitative estimate of drug-likeness (QED) is 0.715. The molecule has 1 aromatic rings. The zero-order valence-electron chi connectivity index (χ0n) is 7.94. The van der Waals surface area contributed by atoms with Gasteiger partial charge >= 0.3 is 0 Å². The van der Waals surface area contributed by atoms with Crippen LogP contribution in [0.5, 0.6) is 5.88 Å². The first-order valence-electron chi connectivity index (χ1n) is 4.91. The molecule has 0 saturated heterocycles. The topological polar surface area (TPSA) is 45.9 Å². The summed E-state index contributed by atoms with van der Waals surface area (Å²) in [5.74, 6) is 0.635. The third-order valence-electron chi connectivity index (χ3n) is 2.46. The van der Waals surface area contributed by atoms with Gasteiger partial charge in [0.1, 0.15) is 12.2 Å². The molecule has 1 aromatic heterocycles. The van der Waals surface area contributed by atoms with E-state index < -0.39 is 0 Å². The van der Waals surface area contributed by atoms with Crippen molar-refractivity contribution in [3.05, 3.63) is 23.9 Å². The van der Waals surface area contributed by atoms with E-state index in [1.54, 1.807) is 18.3 Å². The predicted octanol–water partition coefficient (Wildman–Crippen LogP) is 2.27. The SMILES string of the molecule is N#Cc1ccc(OC2CCCC2)nc1. The maximum atomic E-state index is 8.58. The number of hydrogen-bond acceptors (Lipinski definition) is 3. The second-order valence-corrected chi connectivity index (χ2v) is 3.52. The van der Waals surface area contributed by atoms with Crippen LogP contribution in [-0.2, 0) is 0 Å². The molecule has 1 aliphatic rings. The largest absolute Gasteiger partial charge is 0.474 e. The Labute approximate surface area is 83.3 Å². The van der Waals surface area contributed by atoms with Crippen LogP contribution in [0.15, 0.2) is 18.3 Å². The van der Waals surface area contributed by atoms with Gasteiger partial charge in [0, 0.05) is 12.3 Å². The van der Waals surface area contributed by atoms with Gasteiger partial charge in [-0.05, 0) is 31.7 Å². The van der Waals surface area contributed by atoms with E-state index in [4.69, 9.17) is 10.00 Å². The van der Waals surface area contributed by atoms with Crippen LogP contribution in [-0.4, -0.2) is 11.1 Å².